The maximum Gasteiger partial charge on any atom is 0.251 e. The first-order valence-electron chi connectivity index (χ1n) is 12.5. The molecule has 10 heteroatoms. The number of nitrogens with zero attached hydrogens (tertiary/aromatic N) is 4. The molecule has 0 aliphatic rings. The van der Waals surface area contributed by atoms with Gasteiger partial charge in [-0.1, -0.05) is 73.6 Å². The molecule has 0 aliphatic carbocycles. The molecule has 2 N–H and O–H groups in total. The van der Waals surface area contributed by atoms with Gasteiger partial charge in [-0.2, -0.15) is 0 Å². The average Bonchev–Trinajstić information content (AvgIpc) is 3.48. The molecular weight excluding hydrogens is 516 g/mol. The molecule has 38 heavy (non-hydrogen) atoms. The molecule has 2 aromatic heterocycles. The standard InChI is InChI=1S/C28H32N6O2S2/c1-6-34-25(23(17(2)3)30-26(36)21-14-12-18(4)13-15-21)32-33-28(34)37-16-22(35)29-27-31-24(19(5)38-27)20-10-8-7-9-11-20/h7-15,17,23H,6,16H2,1-5H3,(H,30,36)(H,29,31,35). The smallest absolute Gasteiger partial charge is 0.251 e. The molecule has 8 nitrogen and oxygen atoms in total. The zero-order chi connectivity index (χ0) is 27.2. The fourth-order valence-electron chi connectivity index (χ4n) is 3.99. The lowest BCUT2D eigenvalue weighted by Gasteiger charge is -2.22. The van der Waals surface area contributed by atoms with Crippen molar-refractivity contribution in [2.75, 3.05) is 11.1 Å². The van der Waals surface area contributed by atoms with Crippen LogP contribution in [0.15, 0.2) is 59.8 Å². The summed E-state index contributed by atoms with van der Waals surface area (Å²) in [5.74, 6) is 0.612. The Labute approximate surface area is 231 Å². The van der Waals surface area contributed by atoms with E-state index >= 15 is 0 Å². The minimum Gasteiger partial charge on any atom is -0.342 e. The zero-order valence-electron chi connectivity index (χ0n) is 22.2. The van der Waals surface area contributed by atoms with E-state index in [1.165, 1.54) is 23.1 Å². The van der Waals surface area contributed by atoms with Crippen molar-refractivity contribution >= 4 is 40.0 Å². The van der Waals surface area contributed by atoms with Gasteiger partial charge >= 0.3 is 0 Å². The number of thioether (sulfide) groups is 1. The number of thiazole rings is 1. The third-order valence-corrected chi connectivity index (χ3v) is 7.88. The van der Waals surface area contributed by atoms with Gasteiger partial charge < -0.3 is 15.2 Å². The third-order valence-electron chi connectivity index (χ3n) is 6.03. The molecule has 1 unspecified atom stereocenters. The summed E-state index contributed by atoms with van der Waals surface area (Å²) < 4.78 is 1.96. The van der Waals surface area contributed by atoms with Crippen molar-refractivity contribution in [2.45, 2.75) is 52.4 Å². The van der Waals surface area contributed by atoms with Crippen molar-refractivity contribution in [3.63, 3.8) is 0 Å². The van der Waals surface area contributed by atoms with E-state index in [1.807, 2.05) is 93.8 Å². The van der Waals surface area contributed by atoms with Gasteiger partial charge in [0.1, 0.15) is 0 Å². The van der Waals surface area contributed by atoms with Crippen molar-refractivity contribution in [1.29, 1.82) is 0 Å². The Bertz CT molecular complexity index is 1400. The van der Waals surface area contributed by atoms with E-state index in [9.17, 15) is 9.59 Å². The molecule has 0 radical (unpaired) electrons. The van der Waals surface area contributed by atoms with Gasteiger partial charge in [-0.05, 0) is 38.8 Å². The zero-order valence-corrected chi connectivity index (χ0v) is 23.8. The van der Waals surface area contributed by atoms with Gasteiger partial charge in [0.15, 0.2) is 16.1 Å². The second kappa shape index (κ2) is 12.4. The quantitative estimate of drug-likeness (QED) is 0.239. The van der Waals surface area contributed by atoms with Crippen molar-refractivity contribution < 1.29 is 9.59 Å². The molecule has 2 aromatic carbocycles. The molecule has 2 amide bonds. The van der Waals surface area contributed by atoms with E-state index in [1.54, 1.807) is 0 Å². The Morgan fingerprint density at radius 1 is 1.03 bits per heavy atom. The van der Waals surface area contributed by atoms with Crippen LogP contribution in [0, 0.1) is 19.8 Å². The molecule has 0 saturated carbocycles. The number of carbonyl (C=O) groups excluding carboxylic acids is 2. The van der Waals surface area contributed by atoms with Crippen LogP contribution in [0.4, 0.5) is 5.13 Å². The van der Waals surface area contributed by atoms with Crippen molar-refractivity contribution in [2.24, 2.45) is 5.92 Å². The summed E-state index contributed by atoms with van der Waals surface area (Å²) in [6, 6.07) is 17.1. The van der Waals surface area contributed by atoms with Crippen LogP contribution in [0.3, 0.4) is 0 Å². The predicted molar refractivity (Wildman–Crippen MR) is 154 cm³/mol. The fraction of sp³-hybridized carbons (Fsp3) is 0.321. The molecule has 0 aliphatic heterocycles. The Balaban J connectivity index is 1.42. The maximum atomic E-state index is 12.9. The molecule has 2 heterocycles. The van der Waals surface area contributed by atoms with E-state index in [-0.39, 0.29) is 29.5 Å². The molecule has 0 bridgehead atoms. The molecule has 1 atom stereocenters. The highest BCUT2D eigenvalue weighted by Crippen LogP contribution is 2.31. The average molecular weight is 549 g/mol. The molecule has 4 aromatic rings. The number of anilines is 1. The third kappa shape index (κ3) is 6.49. The molecule has 0 fully saturated rings. The van der Waals surface area contributed by atoms with Gasteiger partial charge in [0, 0.05) is 22.5 Å². The number of aromatic nitrogens is 4. The van der Waals surface area contributed by atoms with Crippen molar-refractivity contribution in [1.82, 2.24) is 25.1 Å². The fourth-order valence-corrected chi connectivity index (χ4v) is 5.65. The summed E-state index contributed by atoms with van der Waals surface area (Å²) in [6.07, 6.45) is 0. The van der Waals surface area contributed by atoms with E-state index in [0.29, 0.717) is 28.2 Å². The van der Waals surface area contributed by atoms with Gasteiger partial charge in [0.2, 0.25) is 5.91 Å². The number of rotatable bonds is 10. The van der Waals surface area contributed by atoms with E-state index in [4.69, 9.17) is 0 Å². The predicted octanol–water partition coefficient (Wildman–Crippen LogP) is 5.90. The Hall–Kier alpha value is -3.50. The highest BCUT2D eigenvalue weighted by atomic mass is 32.2. The summed E-state index contributed by atoms with van der Waals surface area (Å²) in [6.45, 7) is 10.7. The van der Waals surface area contributed by atoms with Crippen LogP contribution in [0.25, 0.3) is 11.3 Å². The Morgan fingerprint density at radius 2 is 1.74 bits per heavy atom. The minimum absolute atomic E-state index is 0.0898. The van der Waals surface area contributed by atoms with E-state index < -0.39 is 0 Å². The van der Waals surface area contributed by atoms with Crippen LogP contribution in [0.1, 0.15) is 53.4 Å². The second-order valence-electron chi connectivity index (χ2n) is 9.27. The number of amides is 2. The largest absolute Gasteiger partial charge is 0.342 e. The summed E-state index contributed by atoms with van der Waals surface area (Å²) in [7, 11) is 0. The normalized spacial score (nSPS) is 11.9. The first kappa shape index (κ1) is 27.5. The van der Waals surface area contributed by atoms with Crippen molar-refractivity contribution in [3.05, 3.63) is 76.4 Å². The van der Waals surface area contributed by atoms with Crippen molar-refractivity contribution in [3.8, 4) is 11.3 Å². The van der Waals surface area contributed by atoms with E-state index in [2.05, 4.69) is 25.8 Å². The second-order valence-corrected chi connectivity index (χ2v) is 11.4. The summed E-state index contributed by atoms with van der Waals surface area (Å²) >= 11 is 2.77. The summed E-state index contributed by atoms with van der Waals surface area (Å²) in [4.78, 5) is 31.3. The Morgan fingerprint density at radius 3 is 2.39 bits per heavy atom. The van der Waals surface area contributed by atoms with Crippen LogP contribution in [0.5, 0.6) is 0 Å². The lowest BCUT2D eigenvalue weighted by molar-refractivity contribution is -0.113. The molecule has 0 spiro atoms. The lowest BCUT2D eigenvalue weighted by Crippen LogP contribution is -2.33. The number of aryl methyl sites for hydroxylation is 2. The number of nitrogens with one attached hydrogen (secondary N) is 2. The number of hydrogen-bond donors (Lipinski definition) is 2. The highest BCUT2D eigenvalue weighted by Gasteiger charge is 2.26. The maximum absolute atomic E-state index is 12.9. The molecule has 4 rings (SSSR count). The lowest BCUT2D eigenvalue weighted by atomic mass is 10.0. The van der Waals surface area contributed by atoms with Crippen LogP contribution in [-0.4, -0.2) is 37.3 Å². The van der Waals surface area contributed by atoms with Gasteiger partial charge in [0.05, 0.1) is 17.5 Å². The van der Waals surface area contributed by atoms with Crippen LogP contribution < -0.4 is 10.6 Å². The minimum atomic E-state index is -0.325. The SMILES string of the molecule is CCn1c(SCC(=O)Nc2nc(-c3ccccc3)c(C)s2)nnc1C(NC(=O)c1ccc(C)cc1)C(C)C. The number of hydrogen-bond acceptors (Lipinski definition) is 7. The van der Waals surface area contributed by atoms with Crippen LogP contribution in [0.2, 0.25) is 0 Å². The van der Waals surface area contributed by atoms with Gasteiger partial charge in [-0.15, -0.1) is 21.5 Å². The summed E-state index contributed by atoms with van der Waals surface area (Å²) in [5, 5.41) is 16.0. The van der Waals surface area contributed by atoms with Gasteiger partial charge in [-0.25, -0.2) is 4.98 Å². The number of benzene rings is 2. The molecular formula is C28H32N6O2S2. The van der Waals surface area contributed by atoms with Gasteiger partial charge in [-0.3, -0.25) is 9.59 Å². The summed E-state index contributed by atoms with van der Waals surface area (Å²) in [5.41, 5.74) is 3.60. The highest BCUT2D eigenvalue weighted by molar-refractivity contribution is 7.99. The molecule has 198 valence electrons. The number of carbonyl (C=O) groups is 2. The van der Waals surface area contributed by atoms with E-state index in [0.717, 1.165) is 21.7 Å². The van der Waals surface area contributed by atoms with Crippen LogP contribution in [-0.2, 0) is 11.3 Å². The first-order valence-corrected chi connectivity index (χ1v) is 14.3. The topological polar surface area (TPSA) is 102 Å². The van der Waals surface area contributed by atoms with Crippen LogP contribution >= 0.6 is 23.1 Å². The Kier molecular flexibility index (Phi) is 8.96. The monoisotopic (exact) mass is 548 g/mol. The molecule has 0 saturated heterocycles. The first-order chi connectivity index (χ1) is 18.3. The van der Waals surface area contributed by atoms with Gasteiger partial charge in [0.25, 0.3) is 5.91 Å².